The molecule has 0 saturated carbocycles. The molecular weight excluding hydrogens is 270 g/mol. The lowest BCUT2D eigenvalue weighted by Crippen LogP contribution is -2.35. The molecule has 1 aliphatic rings. The number of β-amino-alcohol motifs (C(OH)–C–C–N with tert-alkyl or cyclic N) is 1. The van der Waals surface area contributed by atoms with E-state index in [1.54, 1.807) is 6.26 Å². The number of amides is 1. The number of benzene rings is 1. The van der Waals surface area contributed by atoms with Crippen molar-refractivity contribution in [3.05, 3.63) is 36.2 Å². The van der Waals surface area contributed by atoms with Crippen LogP contribution in [0.4, 0.5) is 5.69 Å². The van der Waals surface area contributed by atoms with Gasteiger partial charge >= 0.3 is 0 Å². The number of nitrogens with zero attached hydrogens (tertiary/aromatic N) is 1. The topological polar surface area (TPSA) is 87.4 Å². The van der Waals surface area contributed by atoms with Gasteiger partial charge in [0.25, 0.3) is 0 Å². The lowest BCUT2D eigenvalue weighted by Gasteiger charge is -2.11. The molecule has 1 aromatic heterocycles. The van der Waals surface area contributed by atoms with Crippen LogP contribution in [0.5, 0.6) is 0 Å². The second-order valence-corrected chi connectivity index (χ2v) is 5.21. The maximum atomic E-state index is 12.1. The Labute approximate surface area is 122 Å². The van der Waals surface area contributed by atoms with Gasteiger partial charge in [-0.1, -0.05) is 6.07 Å². The molecule has 1 fully saturated rings. The third-order valence-electron chi connectivity index (χ3n) is 3.42. The second-order valence-electron chi connectivity index (χ2n) is 5.21. The molecule has 0 aliphatic carbocycles. The number of carbonyl (C=O) groups excluding carboxylic acids is 1. The van der Waals surface area contributed by atoms with E-state index in [-0.39, 0.29) is 11.9 Å². The van der Waals surface area contributed by atoms with Gasteiger partial charge in [0.05, 0.1) is 17.8 Å². The minimum absolute atomic E-state index is 0.146. The Hall–Kier alpha value is -2.18. The number of aryl methyl sites for hydroxylation is 1. The third-order valence-corrected chi connectivity index (χ3v) is 3.42. The van der Waals surface area contributed by atoms with Crippen LogP contribution in [0.15, 0.2) is 34.9 Å². The van der Waals surface area contributed by atoms with Crippen LogP contribution < -0.4 is 10.6 Å². The Morgan fingerprint density at radius 1 is 1.52 bits per heavy atom. The van der Waals surface area contributed by atoms with Gasteiger partial charge in [0.1, 0.15) is 6.26 Å². The van der Waals surface area contributed by atoms with Crippen molar-refractivity contribution in [3.8, 4) is 11.5 Å². The number of oxazole rings is 1. The molecule has 110 valence electrons. The summed E-state index contributed by atoms with van der Waals surface area (Å²) in [4.78, 5) is 16.4. The summed E-state index contributed by atoms with van der Waals surface area (Å²) in [6.45, 7) is 2.31. The van der Waals surface area contributed by atoms with Gasteiger partial charge in [-0.25, -0.2) is 4.98 Å². The van der Waals surface area contributed by atoms with Crippen molar-refractivity contribution in [2.75, 3.05) is 11.9 Å². The quantitative estimate of drug-likeness (QED) is 0.792. The fraction of sp³-hybridized carbons (Fsp3) is 0.333. The zero-order chi connectivity index (χ0) is 14.8. The number of aromatic nitrogens is 1. The van der Waals surface area contributed by atoms with Gasteiger partial charge in [-0.15, -0.1) is 0 Å². The van der Waals surface area contributed by atoms with Gasteiger partial charge in [0.15, 0.2) is 0 Å². The van der Waals surface area contributed by atoms with Gasteiger partial charge in [-0.3, -0.25) is 4.79 Å². The molecule has 2 atom stereocenters. The van der Waals surface area contributed by atoms with E-state index >= 15 is 0 Å². The summed E-state index contributed by atoms with van der Waals surface area (Å²) in [6.07, 6.45) is 1.57. The number of aliphatic hydroxyl groups excluding tert-OH is 1. The normalized spacial score (nSPS) is 21.4. The summed E-state index contributed by atoms with van der Waals surface area (Å²) in [5, 5.41) is 15.3. The Morgan fingerprint density at radius 2 is 2.38 bits per heavy atom. The van der Waals surface area contributed by atoms with Gasteiger partial charge in [-0.05, 0) is 31.5 Å². The maximum absolute atomic E-state index is 12.1. The number of carbonyl (C=O) groups is 1. The SMILES string of the molecule is Cc1coc(-c2cccc(NC(=O)C3CC(O)CN3)c2)n1. The highest BCUT2D eigenvalue weighted by atomic mass is 16.3. The number of aliphatic hydroxyl groups is 1. The standard InChI is InChI=1S/C15H17N3O3/c1-9-8-21-15(17-9)10-3-2-4-11(5-10)18-14(20)13-6-12(19)7-16-13/h2-5,8,12-13,16,19H,6-7H2,1H3,(H,18,20). The first-order chi connectivity index (χ1) is 10.1. The molecule has 1 aliphatic heterocycles. The predicted octanol–water partition coefficient (Wildman–Crippen LogP) is 1.31. The molecule has 3 rings (SSSR count). The number of nitrogens with one attached hydrogen (secondary N) is 2. The second kappa shape index (κ2) is 5.67. The van der Waals surface area contributed by atoms with E-state index in [2.05, 4.69) is 15.6 Å². The molecule has 2 heterocycles. The first-order valence-electron chi connectivity index (χ1n) is 6.87. The largest absolute Gasteiger partial charge is 0.444 e. The molecule has 2 unspecified atom stereocenters. The van der Waals surface area contributed by atoms with Crippen LogP contribution in [-0.2, 0) is 4.79 Å². The summed E-state index contributed by atoms with van der Waals surface area (Å²) in [6, 6.07) is 6.98. The number of hydrogen-bond donors (Lipinski definition) is 3. The van der Waals surface area contributed by atoms with Crippen molar-refractivity contribution in [2.45, 2.75) is 25.5 Å². The van der Waals surface area contributed by atoms with Crippen LogP contribution in [0, 0.1) is 6.92 Å². The molecule has 0 spiro atoms. The minimum Gasteiger partial charge on any atom is -0.444 e. The van der Waals surface area contributed by atoms with Crippen LogP contribution in [0.2, 0.25) is 0 Å². The lowest BCUT2D eigenvalue weighted by atomic mass is 10.1. The summed E-state index contributed by atoms with van der Waals surface area (Å²) < 4.78 is 5.35. The van der Waals surface area contributed by atoms with Crippen molar-refractivity contribution in [3.63, 3.8) is 0 Å². The smallest absolute Gasteiger partial charge is 0.241 e. The Morgan fingerprint density at radius 3 is 3.05 bits per heavy atom. The average molecular weight is 287 g/mol. The Kier molecular flexibility index (Phi) is 3.72. The fourth-order valence-electron chi connectivity index (χ4n) is 2.36. The lowest BCUT2D eigenvalue weighted by molar-refractivity contribution is -0.117. The van der Waals surface area contributed by atoms with Gasteiger partial charge in [0.2, 0.25) is 11.8 Å². The zero-order valence-corrected chi connectivity index (χ0v) is 11.7. The molecule has 0 bridgehead atoms. The molecule has 0 radical (unpaired) electrons. The van der Waals surface area contributed by atoms with E-state index in [1.165, 1.54) is 0 Å². The maximum Gasteiger partial charge on any atom is 0.241 e. The highest BCUT2D eigenvalue weighted by Crippen LogP contribution is 2.22. The van der Waals surface area contributed by atoms with E-state index in [0.29, 0.717) is 24.5 Å². The van der Waals surface area contributed by atoms with Crippen molar-refractivity contribution in [1.82, 2.24) is 10.3 Å². The molecule has 21 heavy (non-hydrogen) atoms. The minimum atomic E-state index is -0.456. The van der Waals surface area contributed by atoms with Crippen LogP contribution in [0.3, 0.4) is 0 Å². The van der Waals surface area contributed by atoms with E-state index in [1.807, 2.05) is 31.2 Å². The molecule has 3 N–H and O–H groups in total. The molecule has 1 aromatic carbocycles. The van der Waals surface area contributed by atoms with E-state index < -0.39 is 6.10 Å². The van der Waals surface area contributed by atoms with Crippen LogP contribution in [0.25, 0.3) is 11.5 Å². The van der Waals surface area contributed by atoms with Crippen molar-refractivity contribution >= 4 is 11.6 Å². The average Bonchev–Trinajstić information content (AvgIpc) is 3.08. The molecule has 2 aromatic rings. The number of anilines is 1. The highest BCUT2D eigenvalue weighted by Gasteiger charge is 2.27. The van der Waals surface area contributed by atoms with Crippen LogP contribution in [0.1, 0.15) is 12.1 Å². The Bertz CT molecular complexity index is 653. The number of hydrogen-bond acceptors (Lipinski definition) is 5. The zero-order valence-electron chi connectivity index (χ0n) is 11.7. The summed E-state index contributed by atoms with van der Waals surface area (Å²) in [5.74, 6) is 0.380. The third kappa shape index (κ3) is 3.12. The number of rotatable bonds is 3. The summed E-state index contributed by atoms with van der Waals surface area (Å²) >= 11 is 0. The molecule has 1 amide bonds. The van der Waals surface area contributed by atoms with Gasteiger partial charge in [-0.2, -0.15) is 0 Å². The predicted molar refractivity (Wildman–Crippen MR) is 77.7 cm³/mol. The first-order valence-corrected chi connectivity index (χ1v) is 6.87. The monoisotopic (exact) mass is 287 g/mol. The van der Waals surface area contributed by atoms with Gasteiger partial charge in [0, 0.05) is 17.8 Å². The van der Waals surface area contributed by atoms with E-state index in [9.17, 15) is 9.90 Å². The highest BCUT2D eigenvalue weighted by molar-refractivity contribution is 5.95. The van der Waals surface area contributed by atoms with Crippen LogP contribution >= 0.6 is 0 Å². The molecule has 6 heteroatoms. The Balaban J connectivity index is 1.73. The summed E-state index contributed by atoms with van der Waals surface area (Å²) in [5.41, 5.74) is 2.29. The van der Waals surface area contributed by atoms with E-state index in [4.69, 9.17) is 4.42 Å². The summed E-state index contributed by atoms with van der Waals surface area (Å²) in [7, 11) is 0. The fourth-order valence-corrected chi connectivity index (χ4v) is 2.36. The van der Waals surface area contributed by atoms with Crippen molar-refractivity contribution in [1.29, 1.82) is 0 Å². The first kappa shape index (κ1) is 13.8. The van der Waals surface area contributed by atoms with Crippen molar-refractivity contribution in [2.24, 2.45) is 0 Å². The van der Waals surface area contributed by atoms with Gasteiger partial charge < -0.3 is 20.2 Å². The van der Waals surface area contributed by atoms with Crippen LogP contribution in [-0.4, -0.2) is 34.7 Å². The van der Waals surface area contributed by atoms with E-state index in [0.717, 1.165) is 11.3 Å². The molecule has 6 nitrogen and oxygen atoms in total. The molecule has 1 saturated heterocycles. The van der Waals surface area contributed by atoms with Crippen molar-refractivity contribution < 1.29 is 14.3 Å². The molecular formula is C15H17N3O3.